The zero-order chi connectivity index (χ0) is 20.1. The molecule has 148 valence electrons. The summed E-state index contributed by atoms with van der Waals surface area (Å²) >= 11 is 6.22. The summed E-state index contributed by atoms with van der Waals surface area (Å²) in [5.74, 6) is 1.80. The Balaban J connectivity index is 1.65. The number of imidazole rings is 1. The topological polar surface area (TPSA) is 56.2 Å². The van der Waals surface area contributed by atoms with Crippen molar-refractivity contribution in [1.29, 1.82) is 0 Å². The summed E-state index contributed by atoms with van der Waals surface area (Å²) < 4.78 is 8.16. The molecule has 0 aliphatic carbocycles. The van der Waals surface area contributed by atoms with Gasteiger partial charge in [0.15, 0.2) is 0 Å². The normalized spacial score (nSPS) is 11.0. The van der Waals surface area contributed by atoms with Crippen LogP contribution in [0.3, 0.4) is 0 Å². The minimum absolute atomic E-state index is 0.0235. The first-order valence-electron chi connectivity index (χ1n) is 9.54. The van der Waals surface area contributed by atoms with Crippen LogP contribution in [-0.4, -0.2) is 28.6 Å². The molecule has 0 radical (unpaired) electrons. The maximum absolute atomic E-state index is 11.1. The molecule has 0 spiro atoms. The molecule has 6 heteroatoms. The zero-order valence-corrected chi connectivity index (χ0v) is 17.3. The van der Waals surface area contributed by atoms with E-state index in [0.717, 1.165) is 51.7 Å². The second-order valence-corrected chi connectivity index (χ2v) is 7.35. The number of carbonyl (C=O) groups excluding carboxylic acids is 1. The number of nitrogens with zero attached hydrogens (tertiary/aromatic N) is 2. The van der Waals surface area contributed by atoms with E-state index < -0.39 is 0 Å². The van der Waals surface area contributed by atoms with Gasteiger partial charge in [-0.25, -0.2) is 4.98 Å². The Morgan fingerprint density at radius 3 is 2.64 bits per heavy atom. The van der Waals surface area contributed by atoms with Gasteiger partial charge in [0.05, 0.1) is 17.6 Å². The number of aromatic nitrogens is 2. The van der Waals surface area contributed by atoms with E-state index in [1.54, 1.807) is 0 Å². The number of halogens is 1. The third-order valence-electron chi connectivity index (χ3n) is 4.66. The summed E-state index contributed by atoms with van der Waals surface area (Å²) in [5.41, 5.74) is 4.14. The van der Waals surface area contributed by atoms with Crippen molar-refractivity contribution < 1.29 is 9.53 Å². The van der Waals surface area contributed by atoms with Crippen molar-refractivity contribution >= 4 is 28.5 Å². The summed E-state index contributed by atoms with van der Waals surface area (Å²) in [5, 5.41) is 3.63. The number of fused-ring (bicyclic) bond motifs is 1. The molecule has 0 saturated carbocycles. The second-order valence-electron chi connectivity index (χ2n) is 6.97. The van der Waals surface area contributed by atoms with Crippen molar-refractivity contribution in [3.8, 4) is 5.75 Å². The standard InChI is InChI=1S/C22H26ClN3O2/c1-15-13-18(14-16(2)22(15)23)28-12-6-11-26-20-8-5-4-7-19(20)25-21(26)9-10-24-17(3)27/h4-5,7-8,13-14H,6,9-12H2,1-3H3,(H,24,27). The lowest BCUT2D eigenvalue weighted by Gasteiger charge is -2.12. The predicted molar refractivity (Wildman–Crippen MR) is 113 cm³/mol. The zero-order valence-electron chi connectivity index (χ0n) is 16.6. The molecule has 0 saturated heterocycles. The molecule has 3 aromatic rings. The lowest BCUT2D eigenvalue weighted by molar-refractivity contribution is -0.118. The Morgan fingerprint density at radius 2 is 1.93 bits per heavy atom. The fraction of sp³-hybridized carbons (Fsp3) is 0.364. The van der Waals surface area contributed by atoms with Crippen LogP contribution in [0.15, 0.2) is 36.4 Å². The van der Waals surface area contributed by atoms with E-state index in [1.165, 1.54) is 6.92 Å². The molecule has 0 unspecified atom stereocenters. The van der Waals surface area contributed by atoms with Gasteiger partial charge in [-0.05, 0) is 55.7 Å². The van der Waals surface area contributed by atoms with E-state index in [0.29, 0.717) is 19.6 Å². The number of amides is 1. The molecule has 0 aliphatic rings. The van der Waals surface area contributed by atoms with E-state index in [-0.39, 0.29) is 5.91 Å². The van der Waals surface area contributed by atoms with Crippen LogP contribution in [0.1, 0.15) is 30.3 Å². The van der Waals surface area contributed by atoms with Gasteiger partial charge >= 0.3 is 0 Å². The highest BCUT2D eigenvalue weighted by molar-refractivity contribution is 6.32. The fourth-order valence-electron chi connectivity index (χ4n) is 3.32. The molecule has 1 aromatic heterocycles. The molecule has 2 aromatic carbocycles. The molecule has 3 rings (SSSR count). The SMILES string of the molecule is CC(=O)NCCc1nc2ccccc2n1CCCOc1cc(C)c(Cl)c(C)c1. The molecule has 5 nitrogen and oxygen atoms in total. The van der Waals surface area contributed by atoms with E-state index in [2.05, 4.69) is 16.0 Å². The summed E-state index contributed by atoms with van der Waals surface area (Å²) in [6.45, 7) is 7.50. The van der Waals surface area contributed by atoms with Crippen molar-refractivity contribution in [3.63, 3.8) is 0 Å². The van der Waals surface area contributed by atoms with Crippen LogP contribution < -0.4 is 10.1 Å². The maximum atomic E-state index is 11.1. The predicted octanol–water partition coefficient (Wildman–Crippen LogP) is 4.45. The number of hydrogen-bond donors (Lipinski definition) is 1. The first-order valence-corrected chi connectivity index (χ1v) is 9.91. The van der Waals surface area contributed by atoms with Gasteiger partial charge in [-0.2, -0.15) is 0 Å². The number of ether oxygens (including phenoxy) is 1. The Morgan fingerprint density at radius 1 is 1.21 bits per heavy atom. The van der Waals surface area contributed by atoms with Crippen LogP contribution in [0.25, 0.3) is 11.0 Å². The van der Waals surface area contributed by atoms with E-state index >= 15 is 0 Å². The highest BCUT2D eigenvalue weighted by atomic mass is 35.5. The van der Waals surface area contributed by atoms with Crippen LogP contribution in [-0.2, 0) is 17.8 Å². The van der Waals surface area contributed by atoms with Crippen molar-refractivity contribution in [2.24, 2.45) is 0 Å². The Hall–Kier alpha value is -2.53. The molecule has 0 fully saturated rings. The number of benzene rings is 2. The van der Waals surface area contributed by atoms with Gasteiger partial charge in [-0.1, -0.05) is 23.7 Å². The largest absolute Gasteiger partial charge is 0.494 e. The van der Waals surface area contributed by atoms with E-state index in [1.807, 2.05) is 44.2 Å². The molecule has 0 bridgehead atoms. The number of nitrogens with one attached hydrogen (secondary N) is 1. The number of hydrogen-bond acceptors (Lipinski definition) is 3. The van der Waals surface area contributed by atoms with Crippen LogP contribution >= 0.6 is 11.6 Å². The van der Waals surface area contributed by atoms with Crippen LogP contribution in [0, 0.1) is 13.8 Å². The minimum Gasteiger partial charge on any atom is -0.494 e. The molecular formula is C22H26ClN3O2. The average molecular weight is 400 g/mol. The van der Waals surface area contributed by atoms with Crippen LogP contribution in [0.5, 0.6) is 5.75 Å². The smallest absolute Gasteiger partial charge is 0.216 e. The lowest BCUT2D eigenvalue weighted by Crippen LogP contribution is -2.23. The summed E-state index contributed by atoms with van der Waals surface area (Å²) in [6, 6.07) is 12.1. The van der Waals surface area contributed by atoms with Gasteiger partial charge < -0.3 is 14.6 Å². The number of rotatable bonds is 8. The van der Waals surface area contributed by atoms with Gasteiger partial charge in [0, 0.05) is 31.5 Å². The number of para-hydroxylation sites is 2. The van der Waals surface area contributed by atoms with Crippen molar-refractivity contribution in [2.45, 2.75) is 40.2 Å². The molecule has 1 heterocycles. The fourth-order valence-corrected chi connectivity index (χ4v) is 3.43. The number of carbonyl (C=O) groups is 1. The molecule has 1 N–H and O–H groups in total. The number of aryl methyl sites for hydroxylation is 3. The van der Waals surface area contributed by atoms with E-state index in [4.69, 9.17) is 21.3 Å². The Labute approximate surface area is 170 Å². The lowest BCUT2D eigenvalue weighted by atomic mass is 10.1. The van der Waals surface area contributed by atoms with Gasteiger partial charge in [0.2, 0.25) is 5.91 Å². The molecule has 0 aliphatic heterocycles. The molecule has 0 atom stereocenters. The second kappa shape index (κ2) is 9.11. The van der Waals surface area contributed by atoms with Gasteiger partial charge in [0.1, 0.15) is 11.6 Å². The van der Waals surface area contributed by atoms with E-state index in [9.17, 15) is 4.79 Å². The third kappa shape index (κ3) is 4.84. The molecule has 1 amide bonds. The Kier molecular flexibility index (Phi) is 6.57. The summed E-state index contributed by atoms with van der Waals surface area (Å²) in [7, 11) is 0. The highest BCUT2D eigenvalue weighted by Crippen LogP contribution is 2.26. The summed E-state index contributed by atoms with van der Waals surface area (Å²) in [4.78, 5) is 15.9. The molecular weight excluding hydrogens is 374 g/mol. The maximum Gasteiger partial charge on any atom is 0.216 e. The quantitative estimate of drug-likeness (QED) is 0.569. The highest BCUT2D eigenvalue weighted by Gasteiger charge is 2.10. The van der Waals surface area contributed by atoms with Crippen LogP contribution in [0.4, 0.5) is 0 Å². The monoisotopic (exact) mass is 399 g/mol. The van der Waals surface area contributed by atoms with Crippen molar-refractivity contribution in [3.05, 3.63) is 58.4 Å². The van der Waals surface area contributed by atoms with Gasteiger partial charge in [0.25, 0.3) is 0 Å². The van der Waals surface area contributed by atoms with Gasteiger partial charge in [-0.15, -0.1) is 0 Å². The average Bonchev–Trinajstić information content (AvgIpc) is 3.00. The minimum atomic E-state index is -0.0235. The van der Waals surface area contributed by atoms with Crippen molar-refractivity contribution in [1.82, 2.24) is 14.9 Å². The van der Waals surface area contributed by atoms with Crippen LogP contribution in [0.2, 0.25) is 5.02 Å². The summed E-state index contributed by atoms with van der Waals surface area (Å²) in [6.07, 6.45) is 1.55. The molecule has 28 heavy (non-hydrogen) atoms. The van der Waals surface area contributed by atoms with Crippen molar-refractivity contribution in [2.75, 3.05) is 13.2 Å². The third-order valence-corrected chi connectivity index (χ3v) is 5.26. The first kappa shape index (κ1) is 20.2. The van der Waals surface area contributed by atoms with Gasteiger partial charge in [-0.3, -0.25) is 4.79 Å². The first-order chi connectivity index (χ1) is 13.5. The Bertz CT molecular complexity index is 958.